The van der Waals surface area contributed by atoms with Gasteiger partial charge >= 0.3 is 6.18 Å². The van der Waals surface area contributed by atoms with Crippen LogP contribution in [0.15, 0.2) is 95.1 Å². The molecule has 0 radical (unpaired) electrons. The molecule has 1 saturated carbocycles. The van der Waals surface area contributed by atoms with Gasteiger partial charge in [0.1, 0.15) is 0 Å². The number of imide groups is 2. The Morgan fingerprint density at radius 2 is 1.66 bits per heavy atom. The molecule has 2 N–H and O–H groups in total. The number of carbonyl (C=O) groups is 4. The van der Waals surface area contributed by atoms with Crippen molar-refractivity contribution in [2.75, 3.05) is 25.6 Å². The maximum atomic E-state index is 15.5. The van der Waals surface area contributed by atoms with Crippen LogP contribution in [0.1, 0.15) is 53.9 Å². The van der Waals surface area contributed by atoms with Crippen molar-refractivity contribution in [3.05, 3.63) is 127 Å². The number of carbonyl (C=O) groups excluding carboxylic acids is 4. The highest BCUT2D eigenvalue weighted by atomic mass is 79.9. The molecular weight excluding hydrogens is 914 g/mol. The number of nitrogens with zero attached hydrogens (tertiary/aromatic N) is 4. The second-order valence-electron chi connectivity index (χ2n) is 16.5. The molecule has 322 valence electrons. The third-order valence-electron chi connectivity index (χ3n) is 13.4. The van der Waals surface area contributed by atoms with Crippen LogP contribution in [0.4, 0.5) is 19.0 Å². The summed E-state index contributed by atoms with van der Waals surface area (Å²) in [4.78, 5) is 67.5. The molecular formula is C45H39BrCl2F3N5O6. The molecule has 17 heteroatoms. The van der Waals surface area contributed by atoms with Gasteiger partial charge in [0, 0.05) is 42.8 Å². The summed E-state index contributed by atoms with van der Waals surface area (Å²) in [6, 6.07) is 20.1. The van der Waals surface area contributed by atoms with Crippen LogP contribution in [-0.4, -0.2) is 74.8 Å². The standard InChI is InChI=1S/C45H39BrCl2F3N5O6/c1-62-35-18-24(17-33(46)38(35)57)37-29-11-12-30-36(42(60)55(40(30)58)28-13-15-54(16-14-28)22-23-5-3-2-4-6-23)31(29)20-32-41(59)56(43(61)44(32,37)25-7-9-27(47)10-8-25)53-39-34(48)19-26(21-52-39)45(49,50)51/h2-11,17-19,21,28,30-32,36-37,57H,12-16,20,22H2,1H3,(H,52,53)/t30-,31+,32-,36-,37-,44+/m0/s1. The second kappa shape index (κ2) is 16.0. The van der Waals surface area contributed by atoms with Gasteiger partial charge in [-0.15, -0.1) is 0 Å². The van der Waals surface area contributed by atoms with Crippen molar-refractivity contribution in [3.63, 3.8) is 0 Å². The van der Waals surface area contributed by atoms with Gasteiger partial charge in [0.2, 0.25) is 11.8 Å². The SMILES string of the molecule is COc1cc([C@H]2C3=CC[C@@H]4C(=O)N(C5CCN(Cc6ccccc6)CC5)C(=O)[C@@H]4[C@@H]3C[C@H]3C(=O)N(Nc4ncc(C(F)(F)F)cc4Cl)C(=O)[C@@]23c2ccc(Cl)cc2)cc(Br)c1O. The van der Waals surface area contributed by atoms with Crippen molar-refractivity contribution >= 4 is 68.6 Å². The zero-order valence-corrected chi connectivity index (χ0v) is 36.1. The molecule has 9 rings (SSSR count). The first-order valence-corrected chi connectivity index (χ1v) is 21.7. The highest BCUT2D eigenvalue weighted by Crippen LogP contribution is 2.65. The van der Waals surface area contributed by atoms with E-state index < -0.39 is 63.6 Å². The molecule has 4 amide bonds. The molecule has 3 aliphatic heterocycles. The van der Waals surface area contributed by atoms with Crippen molar-refractivity contribution in [2.45, 2.75) is 55.8 Å². The van der Waals surface area contributed by atoms with Crippen LogP contribution in [0, 0.1) is 23.7 Å². The topological polar surface area (TPSA) is 132 Å². The number of phenols is 1. The van der Waals surface area contributed by atoms with Gasteiger partial charge in [-0.25, -0.2) is 4.98 Å². The number of alkyl halides is 3. The van der Waals surface area contributed by atoms with E-state index in [4.69, 9.17) is 27.9 Å². The molecule has 4 fully saturated rings. The van der Waals surface area contributed by atoms with E-state index in [0.29, 0.717) is 59.9 Å². The number of hydrazine groups is 1. The Labute approximate surface area is 372 Å². The number of fused-ring (bicyclic) bond motifs is 4. The first-order chi connectivity index (χ1) is 29.6. The number of halogens is 6. The number of benzene rings is 3. The fourth-order valence-electron chi connectivity index (χ4n) is 10.6. The molecule has 0 unspecified atom stereocenters. The lowest BCUT2D eigenvalue weighted by atomic mass is 9.49. The average molecular weight is 954 g/mol. The molecule has 3 saturated heterocycles. The first-order valence-electron chi connectivity index (χ1n) is 20.2. The third-order valence-corrected chi connectivity index (χ3v) is 14.5. The van der Waals surface area contributed by atoms with Gasteiger partial charge in [-0.3, -0.25) is 34.4 Å². The lowest BCUT2D eigenvalue weighted by Crippen LogP contribution is -2.53. The number of rotatable bonds is 8. The number of amides is 4. The largest absolute Gasteiger partial charge is 0.503 e. The number of allylic oxidation sites excluding steroid dienone is 2. The van der Waals surface area contributed by atoms with Crippen LogP contribution >= 0.6 is 39.1 Å². The average Bonchev–Trinajstić information content (AvgIpc) is 3.63. The summed E-state index contributed by atoms with van der Waals surface area (Å²) in [7, 11) is 1.37. The summed E-state index contributed by atoms with van der Waals surface area (Å²) in [5, 5.41) is 11.6. The maximum absolute atomic E-state index is 15.5. The molecule has 3 aromatic carbocycles. The summed E-state index contributed by atoms with van der Waals surface area (Å²) >= 11 is 16.2. The third kappa shape index (κ3) is 6.86. The lowest BCUT2D eigenvalue weighted by Gasteiger charge is -2.50. The molecule has 0 spiro atoms. The molecule has 1 aromatic heterocycles. The number of hydrogen-bond donors (Lipinski definition) is 2. The van der Waals surface area contributed by atoms with Gasteiger partial charge in [0.25, 0.3) is 11.8 Å². The van der Waals surface area contributed by atoms with Crippen molar-refractivity contribution < 1.29 is 42.2 Å². The normalized spacial score (nSPS) is 26.6. The number of ether oxygens (including phenoxy) is 1. The Morgan fingerprint density at radius 1 is 0.952 bits per heavy atom. The fourth-order valence-corrected chi connectivity index (χ4v) is 11.4. The van der Waals surface area contributed by atoms with E-state index in [0.717, 1.165) is 11.6 Å². The number of phenolic OH excluding ortho intramolecular Hbond substituents is 1. The number of aromatic nitrogens is 1. The fraction of sp³-hybridized carbons (Fsp3) is 0.356. The van der Waals surface area contributed by atoms with Crippen LogP contribution < -0.4 is 10.2 Å². The zero-order chi connectivity index (χ0) is 43.8. The van der Waals surface area contributed by atoms with Crippen molar-refractivity contribution in [2.24, 2.45) is 23.7 Å². The Bertz CT molecular complexity index is 2520. The van der Waals surface area contributed by atoms with E-state index in [-0.39, 0.29) is 52.5 Å². The Hall–Kier alpha value is -4.96. The van der Waals surface area contributed by atoms with Crippen LogP contribution in [0.3, 0.4) is 0 Å². The minimum absolute atomic E-state index is 0.0260. The van der Waals surface area contributed by atoms with Gasteiger partial charge in [0.05, 0.1) is 45.3 Å². The molecule has 2 aliphatic carbocycles. The quantitative estimate of drug-likeness (QED) is 0.132. The van der Waals surface area contributed by atoms with E-state index in [1.807, 2.05) is 24.3 Å². The van der Waals surface area contributed by atoms with Gasteiger partial charge in [0.15, 0.2) is 17.3 Å². The lowest BCUT2D eigenvalue weighted by molar-refractivity contribution is -0.144. The molecule has 4 aromatic rings. The van der Waals surface area contributed by atoms with Crippen LogP contribution in [0.25, 0.3) is 0 Å². The number of anilines is 1. The molecule has 4 heterocycles. The highest BCUT2D eigenvalue weighted by Gasteiger charge is 2.70. The number of likely N-dealkylation sites (tertiary alicyclic amines) is 2. The molecule has 0 bridgehead atoms. The maximum Gasteiger partial charge on any atom is 0.417 e. The highest BCUT2D eigenvalue weighted by molar-refractivity contribution is 9.10. The van der Waals surface area contributed by atoms with Gasteiger partial charge in [-0.2, -0.15) is 18.2 Å². The van der Waals surface area contributed by atoms with E-state index >= 15 is 9.59 Å². The van der Waals surface area contributed by atoms with E-state index in [2.05, 4.69) is 43.4 Å². The van der Waals surface area contributed by atoms with Crippen molar-refractivity contribution in [3.8, 4) is 11.5 Å². The van der Waals surface area contributed by atoms with Gasteiger partial charge in [-0.1, -0.05) is 77.3 Å². The predicted molar refractivity (Wildman–Crippen MR) is 226 cm³/mol. The van der Waals surface area contributed by atoms with E-state index in [1.165, 1.54) is 17.6 Å². The summed E-state index contributed by atoms with van der Waals surface area (Å²) in [6.45, 7) is 2.15. The van der Waals surface area contributed by atoms with E-state index in [9.17, 15) is 27.9 Å². The molecule has 5 aliphatic rings. The summed E-state index contributed by atoms with van der Waals surface area (Å²) in [5.41, 5.74) is 2.44. The summed E-state index contributed by atoms with van der Waals surface area (Å²) < 4.78 is 46.6. The Kier molecular flexibility index (Phi) is 10.9. The van der Waals surface area contributed by atoms with Crippen LogP contribution in [-0.2, 0) is 37.3 Å². The van der Waals surface area contributed by atoms with Crippen LogP contribution in [0.5, 0.6) is 11.5 Å². The monoisotopic (exact) mass is 951 g/mol. The van der Waals surface area contributed by atoms with Gasteiger partial charge in [-0.05, 0) is 94.6 Å². The predicted octanol–water partition coefficient (Wildman–Crippen LogP) is 8.53. The number of aromatic hydroxyl groups is 1. The number of nitrogens with one attached hydrogen (secondary N) is 1. The van der Waals surface area contributed by atoms with Crippen LogP contribution in [0.2, 0.25) is 10.0 Å². The minimum atomic E-state index is -4.76. The minimum Gasteiger partial charge on any atom is -0.503 e. The number of hydrogen-bond acceptors (Lipinski definition) is 9. The Balaban J connectivity index is 1.13. The second-order valence-corrected chi connectivity index (χ2v) is 18.2. The van der Waals surface area contributed by atoms with Crippen molar-refractivity contribution in [1.82, 2.24) is 19.8 Å². The number of piperidine rings is 1. The summed E-state index contributed by atoms with van der Waals surface area (Å²) in [6.07, 6.45) is -0.910. The molecule has 62 heavy (non-hydrogen) atoms. The van der Waals surface area contributed by atoms with E-state index in [1.54, 1.807) is 36.4 Å². The number of methoxy groups -OCH3 is 1. The number of pyridine rings is 1. The smallest absolute Gasteiger partial charge is 0.417 e. The molecule has 6 atom stereocenters. The molecule has 11 nitrogen and oxygen atoms in total. The van der Waals surface area contributed by atoms with Crippen molar-refractivity contribution in [1.29, 1.82) is 0 Å². The summed E-state index contributed by atoms with van der Waals surface area (Å²) in [5.74, 6) is -6.99. The Morgan fingerprint density at radius 3 is 2.32 bits per heavy atom. The first kappa shape index (κ1) is 42.3. The van der Waals surface area contributed by atoms with Gasteiger partial charge < -0.3 is 9.84 Å². The zero-order valence-electron chi connectivity index (χ0n) is 33.0.